The minimum absolute atomic E-state index is 0.477. The van der Waals surface area contributed by atoms with Crippen molar-refractivity contribution in [2.24, 2.45) is 0 Å². The molecule has 80 valence electrons. The summed E-state index contributed by atoms with van der Waals surface area (Å²) in [6.45, 7) is 3.63. The molecule has 0 rings (SSSR count). The molecule has 0 amide bonds. The van der Waals surface area contributed by atoms with E-state index in [9.17, 15) is 13.2 Å². The van der Waals surface area contributed by atoms with E-state index in [0.717, 1.165) is 11.6 Å². The van der Waals surface area contributed by atoms with Crippen LogP contribution in [-0.2, 0) is 4.74 Å². The number of rotatable bonds is 5. The Balaban J connectivity index is 4.83. The summed E-state index contributed by atoms with van der Waals surface area (Å²) in [6.07, 6.45) is 2.71. The van der Waals surface area contributed by atoms with Gasteiger partial charge in [-0.25, -0.2) is 4.39 Å². The largest absolute Gasteiger partial charge is 0.432 e. The molecule has 0 spiro atoms. The number of allylic oxidation sites excluding steroid dienone is 4. The molecule has 0 aromatic carbocycles. The first kappa shape index (κ1) is 12.8. The minimum atomic E-state index is -3.03. The summed E-state index contributed by atoms with van der Waals surface area (Å²) in [7, 11) is 0. The van der Waals surface area contributed by atoms with E-state index in [-0.39, 0.29) is 0 Å². The fraction of sp³-hybridized carbons (Fsp3) is 0.400. The van der Waals surface area contributed by atoms with Gasteiger partial charge in [-0.1, -0.05) is 19.1 Å². The maximum Gasteiger partial charge on any atom is 0.387 e. The molecule has 0 unspecified atom stereocenters. The molecule has 0 saturated heterocycles. The summed E-state index contributed by atoms with van der Waals surface area (Å²) in [6, 6.07) is 0. The molecule has 4 heteroatoms. The Labute approximate surface area is 81.6 Å². The molecule has 0 aliphatic rings. The van der Waals surface area contributed by atoms with Crippen LogP contribution >= 0.6 is 0 Å². The van der Waals surface area contributed by atoms with Crippen LogP contribution in [0, 0.1) is 0 Å². The van der Waals surface area contributed by atoms with Crippen LogP contribution in [0.3, 0.4) is 0 Å². The maximum atomic E-state index is 12.9. The van der Waals surface area contributed by atoms with Crippen molar-refractivity contribution >= 4 is 0 Å². The zero-order valence-electron chi connectivity index (χ0n) is 8.19. The summed E-state index contributed by atoms with van der Waals surface area (Å²) in [4.78, 5) is 0. The Bertz CT molecular complexity index is 254. The predicted molar refractivity (Wildman–Crippen MR) is 49.5 cm³/mol. The Hall–Kier alpha value is -1.19. The van der Waals surface area contributed by atoms with E-state index in [0.29, 0.717) is 6.42 Å². The first-order valence-electron chi connectivity index (χ1n) is 4.15. The molecule has 14 heavy (non-hydrogen) atoms. The van der Waals surface area contributed by atoms with Gasteiger partial charge >= 0.3 is 6.61 Å². The predicted octanol–water partition coefficient (Wildman–Crippen LogP) is 3.95. The number of hydrogen-bond donors (Lipinski definition) is 0. The van der Waals surface area contributed by atoms with Crippen LogP contribution in [0.15, 0.2) is 35.9 Å². The molecule has 0 bridgehead atoms. The van der Waals surface area contributed by atoms with Gasteiger partial charge in [0.15, 0.2) is 11.6 Å². The molecule has 0 aromatic rings. The van der Waals surface area contributed by atoms with E-state index < -0.39 is 18.2 Å². The van der Waals surface area contributed by atoms with Gasteiger partial charge in [0.05, 0.1) is 0 Å². The van der Waals surface area contributed by atoms with Crippen molar-refractivity contribution in [1.29, 1.82) is 0 Å². The van der Waals surface area contributed by atoms with Crippen LogP contribution < -0.4 is 0 Å². The second kappa shape index (κ2) is 6.29. The van der Waals surface area contributed by atoms with Gasteiger partial charge in [-0.05, 0) is 25.5 Å². The smallest absolute Gasteiger partial charge is 0.387 e. The van der Waals surface area contributed by atoms with Crippen LogP contribution in [-0.4, -0.2) is 6.61 Å². The molecular formula is C10H13F3O. The summed E-state index contributed by atoms with van der Waals surface area (Å²) in [5.41, 5.74) is 0.748. The van der Waals surface area contributed by atoms with Gasteiger partial charge < -0.3 is 4.74 Å². The fourth-order valence-corrected chi connectivity index (χ4v) is 0.682. The van der Waals surface area contributed by atoms with Crippen LogP contribution in [0.2, 0.25) is 0 Å². The Morgan fingerprint density at radius 2 is 2.07 bits per heavy atom. The van der Waals surface area contributed by atoms with Gasteiger partial charge in [0.2, 0.25) is 0 Å². The molecule has 0 aliphatic carbocycles. The highest BCUT2D eigenvalue weighted by Gasteiger charge is 2.09. The molecule has 1 nitrogen and oxygen atoms in total. The third kappa shape index (κ3) is 4.74. The molecule has 0 atom stereocenters. The van der Waals surface area contributed by atoms with E-state index in [2.05, 4.69) is 11.3 Å². The molecule has 0 N–H and O–H groups in total. The molecule has 0 aromatic heterocycles. The molecule has 0 heterocycles. The molecule has 0 aliphatic heterocycles. The van der Waals surface area contributed by atoms with Crippen LogP contribution in [0.1, 0.15) is 20.3 Å². The maximum absolute atomic E-state index is 12.9. The Kier molecular flexibility index (Phi) is 5.76. The van der Waals surface area contributed by atoms with Gasteiger partial charge in [0.1, 0.15) is 0 Å². The minimum Gasteiger partial charge on any atom is -0.432 e. The lowest BCUT2D eigenvalue weighted by atomic mass is 10.2. The van der Waals surface area contributed by atoms with Crippen molar-refractivity contribution < 1.29 is 17.9 Å². The quantitative estimate of drug-likeness (QED) is 0.489. The lowest BCUT2D eigenvalue weighted by Gasteiger charge is -2.06. The molecule has 0 radical (unpaired) electrons. The van der Waals surface area contributed by atoms with E-state index in [1.165, 1.54) is 6.08 Å². The second-order valence-electron chi connectivity index (χ2n) is 2.64. The third-order valence-corrected chi connectivity index (χ3v) is 1.57. The van der Waals surface area contributed by atoms with Gasteiger partial charge in [-0.3, -0.25) is 0 Å². The van der Waals surface area contributed by atoms with Crippen molar-refractivity contribution in [2.75, 3.05) is 0 Å². The van der Waals surface area contributed by atoms with Crippen LogP contribution in [0.25, 0.3) is 0 Å². The number of alkyl halides is 2. The van der Waals surface area contributed by atoms with Crippen LogP contribution in [0.5, 0.6) is 0 Å². The lowest BCUT2D eigenvalue weighted by Crippen LogP contribution is -1.99. The zero-order chi connectivity index (χ0) is 11.1. The van der Waals surface area contributed by atoms with Crippen molar-refractivity contribution in [3.05, 3.63) is 35.9 Å². The zero-order valence-corrected chi connectivity index (χ0v) is 8.19. The highest BCUT2D eigenvalue weighted by Crippen LogP contribution is 2.17. The van der Waals surface area contributed by atoms with Crippen molar-refractivity contribution in [3.8, 4) is 0 Å². The SMILES string of the molecule is C=C/C(F)=C(\C=C(/C)CC)OC(F)F. The third-order valence-electron chi connectivity index (χ3n) is 1.57. The summed E-state index contributed by atoms with van der Waals surface area (Å²) in [5, 5.41) is 0. The average Bonchev–Trinajstić information content (AvgIpc) is 2.14. The number of hydrogen-bond acceptors (Lipinski definition) is 1. The summed E-state index contributed by atoms with van der Waals surface area (Å²) in [5.74, 6) is -1.37. The van der Waals surface area contributed by atoms with Gasteiger partial charge in [-0.2, -0.15) is 8.78 Å². The highest BCUT2D eigenvalue weighted by molar-refractivity contribution is 5.25. The van der Waals surface area contributed by atoms with Gasteiger partial charge in [0.25, 0.3) is 0 Å². The number of halogens is 3. The Morgan fingerprint density at radius 1 is 1.50 bits per heavy atom. The van der Waals surface area contributed by atoms with E-state index >= 15 is 0 Å². The monoisotopic (exact) mass is 206 g/mol. The fourth-order valence-electron chi connectivity index (χ4n) is 0.682. The standard InChI is InChI=1S/C10H13F3O/c1-4-7(3)6-9(8(11)5-2)14-10(12)13/h5-6,10H,2,4H2,1,3H3/b7-6+,9-8-. The van der Waals surface area contributed by atoms with E-state index in [4.69, 9.17) is 0 Å². The van der Waals surface area contributed by atoms with E-state index in [1.807, 2.05) is 6.92 Å². The van der Waals surface area contributed by atoms with Crippen molar-refractivity contribution in [2.45, 2.75) is 26.9 Å². The molecule has 0 saturated carbocycles. The first-order chi connectivity index (χ1) is 6.51. The second-order valence-corrected chi connectivity index (χ2v) is 2.64. The van der Waals surface area contributed by atoms with Gasteiger partial charge in [0, 0.05) is 0 Å². The molecule has 0 fully saturated rings. The Morgan fingerprint density at radius 3 is 2.43 bits per heavy atom. The van der Waals surface area contributed by atoms with Crippen LogP contribution in [0.4, 0.5) is 13.2 Å². The number of ether oxygens (including phenoxy) is 1. The first-order valence-corrected chi connectivity index (χ1v) is 4.15. The van der Waals surface area contributed by atoms with Crippen molar-refractivity contribution in [1.82, 2.24) is 0 Å². The molecular weight excluding hydrogens is 193 g/mol. The lowest BCUT2D eigenvalue weighted by molar-refractivity contribution is -0.0938. The van der Waals surface area contributed by atoms with E-state index in [1.54, 1.807) is 6.92 Å². The normalized spacial score (nSPS) is 14.0. The summed E-state index contributed by atoms with van der Waals surface area (Å²) >= 11 is 0. The van der Waals surface area contributed by atoms with Crippen molar-refractivity contribution in [3.63, 3.8) is 0 Å². The van der Waals surface area contributed by atoms with Gasteiger partial charge in [-0.15, -0.1) is 0 Å². The average molecular weight is 206 g/mol. The topological polar surface area (TPSA) is 9.23 Å². The summed E-state index contributed by atoms with van der Waals surface area (Å²) < 4.78 is 40.6. The highest BCUT2D eigenvalue weighted by atomic mass is 19.3.